The number of anilines is 1. The first-order valence-electron chi connectivity index (χ1n) is 8.62. The zero-order valence-corrected chi connectivity index (χ0v) is 17.6. The predicted octanol–water partition coefficient (Wildman–Crippen LogP) is 4.58. The average molecular weight is 456 g/mol. The van der Waals surface area contributed by atoms with E-state index in [4.69, 9.17) is 5.26 Å². The summed E-state index contributed by atoms with van der Waals surface area (Å²) < 4.78 is 0.990. The van der Waals surface area contributed by atoms with Gasteiger partial charge in [0.2, 0.25) is 11.1 Å². The average Bonchev–Trinajstić information content (AvgIpc) is 3.17. The third kappa shape index (κ3) is 5.21. The van der Waals surface area contributed by atoms with Crippen LogP contribution >= 0.6 is 27.7 Å². The van der Waals surface area contributed by atoms with Gasteiger partial charge in [-0.1, -0.05) is 57.5 Å². The number of aromatic amines is 1. The molecule has 0 fully saturated rings. The maximum atomic E-state index is 12.7. The Hall–Kier alpha value is -2.63. The quantitative estimate of drug-likeness (QED) is 0.526. The monoisotopic (exact) mass is 455 g/mol. The molecule has 0 spiro atoms. The highest BCUT2D eigenvalue weighted by Gasteiger charge is 2.17. The molecule has 1 aromatic heterocycles. The minimum atomic E-state index is -0.0842. The summed E-state index contributed by atoms with van der Waals surface area (Å²) in [5.74, 6) is 0.762. The summed E-state index contributed by atoms with van der Waals surface area (Å²) in [6, 6.07) is 17.5. The number of nitriles is 1. The molecule has 0 bridgehead atoms. The molecule has 1 N–H and O–H groups in total. The van der Waals surface area contributed by atoms with Crippen molar-refractivity contribution in [1.82, 2.24) is 15.2 Å². The molecule has 0 atom stereocenters. The Morgan fingerprint density at radius 3 is 2.61 bits per heavy atom. The van der Waals surface area contributed by atoms with Crippen LogP contribution in [0.5, 0.6) is 0 Å². The van der Waals surface area contributed by atoms with E-state index in [1.807, 2.05) is 55.5 Å². The van der Waals surface area contributed by atoms with E-state index >= 15 is 0 Å². The lowest BCUT2D eigenvalue weighted by atomic mass is 10.2. The molecule has 0 aliphatic rings. The first-order valence-corrected chi connectivity index (χ1v) is 10.4. The van der Waals surface area contributed by atoms with Crippen molar-refractivity contribution in [2.24, 2.45) is 0 Å². The molecule has 8 heteroatoms. The van der Waals surface area contributed by atoms with Crippen LogP contribution in [0.3, 0.4) is 0 Å². The predicted molar refractivity (Wildman–Crippen MR) is 114 cm³/mol. The van der Waals surface area contributed by atoms with Gasteiger partial charge in [0.05, 0.1) is 18.2 Å². The number of amides is 1. The van der Waals surface area contributed by atoms with Crippen LogP contribution in [0.4, 0.5) is 5.69 Å². The topological polar surface area (TPSA) is 85.7 Å². The molecule has 0 radical (unpaired) electrons. The molecule has 0 aliphatic heterocycles. The van der Waals surface area contributed by atoms with Crippen LogP contribution in [-0.4, -0.2) is 33.4 Å². The Bertz CT molecular complexity index is 979. The molecule has 0 aliphatic carbocycles. The van der Waals surface area contributed by atoms with Crippen molar-refractivity contribution in [3.05, 3.63) is 58.6 Å². The number of nitrogens with zero attached hydrogens (tertiary/aromatic N) is 4. The zero-order valence-electron chi connectivity index (χ0n) is 15.2. The Balaban J connectivity index is 1.66. The second-order valence-electron chi connectivity index (χ2n) is 6.05. The van der Waals surface area contributed by atoms with Crippen molar-refractivity contribution >= 4 is 39.3 Å². The van der Waals surface area contributed by atoms with Crippen molar-refractivity contribution < 1.29 is 4.79 Å². The van der Waals surface area contributed by atoms with E-state index in [2.05, 4.69) is 37.2 Å². The lowest BCUT2D eigenvalue weighted by Gasteiger charge is -2.21. The fourth-order valence-electron chi connectivity index (χ4n) is 2.54. The lowest BCUT2D eigenvalue weighted by molar-refractivity contribution is -0.116. The first-order chi connectivity index (χ1) is 13.6. The molecule has 1 amide bonds. The van der Waals surface area contributed by atoms with E-state index in [0.717, 1.165) is 21.3 Å². The van der Waals surface area contributed by atoms with Gasteiger partial charge in [-0.15, -0.1) is 5.10 Å². The molecule has 1 heterocycles. The first kappa shape index (κ1) is 20.1. The van der Waals surface area contributed by atoms with Gasteiger partial charge >= 0.3 is 0 Å². The highest BCUT2D eigenvalue weighted by atomic mass is 79.9. The highest BCUT2D eigenvalue weighted by Crippen LogP contribution is 2.22. The maximum absolute atomic E-state index is 12.7. The molecule has 2 aromatic carbocycles. The number of aryl methyl sites for hydroxylation is 1. The van der Waals surface area contributed by atoms with Gasteiger partial charge in [0, 0.05) is 22.3 Å². The molecule has 28 heavy (non-hydrogen) atoms. The van der Waals surface area contributed by atoms with Gasteiger partial charge in [0.25, 0.3) is 0 Å². The molecule has 0 saturated carbocycles. The SMILES string of the molecule is Cc1ccc(N(CCC#N)C(=O)CSc2n[nH]c(-c3ccc(Br)cc3)n2)cc1. The number of H-pyrrole nitrogens is 1. The third-order valence-corrected chi connectivity index (χ3v) is 5.36. The van der Waals surface area contributed by atoms with Gasteiger partial charge < -0.3 is 4.90 Å². The molecule has 6 nitrogen and oxygen atoms in total. The maximum Gasteiger partial charge on any atom is 0.237 e. The van der Waals surface area contributed by atoms with E-state index in [9.17, 15) is 4.79 Å². The number of hydrogen-bond donors (Lipinski definition) is 1. The summed E-state index contributed by atoms with van der Waals surface area (Å²) in [6.45, 7) is 2.35. The van der Waals surface area contributed by atoms with E-state index in [0.29, 0.717) is 17.5 Å². The van der Waals surface area contributed by atoms with Gasteiger partial charge in [-0.2, -0.15) is 5.26 Å². The third-order valence-electron chi connectivity index (χ3n) is 4.00. The second-order valence-corrected chi connectivity index (χ2v) is 7.91. The lowest BCUT2D eigenvalue weighted by Crippen LogP contribution is -2.33. The number of carbonyl (C=O) groups is 1. The second kappa shape index (κ2) is 9.53. The Morgan fingerprint density at radius 1 is 1.21 bits per heavy atom. The summed E-state index contributed by atoms with van der Waals surface area (Å²) in [4.78, 5) is 18.8. The van der Waals surface area contributed by atoms with E-state index in [-0.39, 0.29) is 18.1 Å². The highest BCUT2D eigenvalue weighted by molar-refractivity contribution is 9.10. The summed E-state index contributed by atoms with van der Waals surface area (Å²) in [5, 5.41) is 16.5. The van der Waals surface area contributed by atoms with E-state index in [1.54, 1.807) is 4.90 Å². The molecular formula is C20H18BrN5OS. The van der Waals surface area contributed by atoms with Crippen LogP contribution < -0.4 is 4.90 Å². The van der Waals surface area contributed by atoms with Gasteiger partial charge in [0.1, 0.15) is 0 Å². The Labute approximate surface area is 176 Å². The van der Waals surface area contributed by atoms with Crippen LogP contribution in [-0.2, 0) is 4.79 Å². The zero-order chi connectivity index (χ0) is 19.9. The molecule has 0 saturated heterocycles. The number of nitrogens with one attached hydrogen (secondary N) is 1. The number of benzene rings is 2. The smallest absolute Gasteiger partial charge is 0.237 e. The standard InChI is InChI=1S/C20H18BrN5OS/c1-14-3-9-17(10-4-14)26(12-2-11-22)18(27)13-28-20-23-19(24-25-20)15-5-7-16(21)8-6-15/h3-10H,2,12-13H2,1H3,(H,23,24,25). The number of halogens is 1. The Morgan fingerprint density at radius 2 is 1.93 bits per heavy atom. The van der Waals surface area contributed by atoms with Crippen molar-refractivity contribution in [3.63, 3.8) is 0 Å². The van der Waals surface area contributed by atoms with E-state index in [1.165, 1.54) is 11.8 Å². The number of aromatic nitrogens is 3. The van der Waals surface area contributed by atoms with Crippen LogP contribution in [0.25, 0.3) is 11.4 Å². The fraction of sp³-hybridized carbons (Fsp3) is 0.200. The van der Waals surface area contributed by atoms with Crippen LogP contribution in [0.15, 0.2) is 58.2 Å². The number of thioether (sulfide) groups is 1. The van der Waals surface area contributed by atoms with Crippen LogP contribution in [0.2, 0.25) is 0 Å². The van der Waals surface area contributed by atoms with Gasteiger partial charge in [0.15, 0.2) is 5.82 Å². The minimum Gasteiger partial charge on any atom is -0.311 e. The summed E-state index contributed by atoms with van der Waals surface area (Å²) >= 11 is 4.68. The molecule has 3 aromatic rings. The fourth-order valence-corrected chi connectivity index (χ4v) is 3.48. The molecule has 3 rings (SSSR count). The van der Waals surface area contributed by atoms with Gasteiger partial charge in [-0.3, -0.25) is 9.89 Å². The Kier molecular flexibility index (Phi) is 6.85. The normalized spacial score (nSPS) is 10.5. The van der Waals surface area contributed by atoms with Crippen molar-refractivity contribution in [2.45, 2.75) is 18.5 Å². The molecule has 0 unspecified atom stereocenters. The minimum absolute atomic E-state index is 0.0842. The summed E-state index contributed by atoms with van der Waals surface area (Å²) in [7, 11) is 0. The summed E-state index contributed by atoms with van der Waals surface area (Å²) in [6.07, 6.45) is 0.276. The van der Waals surface area contributed by atoms with Gasteiger partial charge in [-0.05, 0) is 31.2 Å². The van der Waals surface area contributed by atoms with Gasteiger partial charge in [-0.25, -0.2) is 4.98 Å². The summed E-state index contributed by atoms with van der Waals surface area (Å²) in [5.41, 5.74) is 2.83. The number of hydrogen-bond acceptors (Lipinski definition) is 5. The number of carbonyl (C=O) groups excluding carboxylic acids is 1. The van der Waals surface area contributed by atoms with Crippen LogP contribution in [0.1, 0.15) is 12.0 Å². The van der Waals surface area contributed by atoms with Crippen LogP contribution in [0, 0.1) is 18.3 Å². The number of rotatable bonds is 7. The largest absolute Gasteiger partial charge is 0.311 e. The van der Waals surface area contributed by atoms with Crippen molar-refractivity contribution in [1.29, 1.82) is 5.26 Å². The van der Waals surface area contributed by atoms with Crippen molar-refractivity contribution in [3.8, 4) is 17.5 Å². The van der Waals surface area contributed by atoms with Crippen molar-refractivity contribution in [2.75, 3.05) is 17.2 Å². The molecular weight excluding hydrogens is 438 g/mol. The van der Waals surface area contributed by atoms with E-state index < -0.39 is 0 Å². The molecule has 142 valence electrons.